The topological polar surface area (TPSA) is 12.0 Å². The molecular formula is C14H21F2NS. The molecule has 0 saturated carbocycles. The fourth-order valence-electron chi connectivity index (χ4n) is 1.89. The van der Waals surface area contributed by atoms with Gasteiger partial charge in [0.2, 0.25) is 0 Å². The van der Waals surface area contributed by atoms with Crippen LogP contribution in [0, 0.1) is 18.6 Å². The van der Waals surface area contributed by atoms with Crippen LogP contribution in [0.2, 0.25) is 0 Å². The summed E-state index contributed by atoms with van der Waals surface area (Å²) in [5.74, 6) is 0.369. The first-order valence-corrected chi connectivity index (χ1v) is 7.55. The van der Waals surface area contributed by atoms with Gasteiger partial charge in [-0.3, -0.25) is 0 Å². The molecule has 0 aliphatic rings. The summed E-state index contributed by atoms with van der Waals surface area (Å²) in [5.41, 5.74) is 0.744. The third kappa shape index (κ3) is 4.25. The van der Waals surface area contributed by atoms with Gasteiger partial charge in [0.1, 0.15) is 11.6 Å². The Morgan fingerprint density at radius 2 is 1.89 bits per heavy atom. The van der Waals surface area contributed by atoms with Gasteiger partial charge in [-0.25, -0.2) is 8.78 Å². The lowest BCUT2D eigenvalue weighted by Gasteiger charge is -2.21. The second-order valence-electron chi connectivity index (χ2n) is 4.69. The zero-order chi connectivity index (χ0) is 13.7. The lowest BCUT2D eigenvalue weighted by molar-refractivity contribution is 0.452. The van der Waals surface area contributed by atoms with Crippen LogP contribution in [0.4, 0.5) is 8.78 Å². The normalized spacial score (nSPS) is 14.6. The van der Waals surface area contributed by atoms with Crippen molar-refractivity contribution in [3.8, 4) is 0 Å². The minimum Gasteiger partial charge on any atom is -0.308 e. The molecule has 1 aromatic rings. The molecule has 0 heterocycles. The van der Waals surface area contributed by atoms with Gasteiger partial charge in [0.05, 0.1) is 0 Å². The van der Waals surface area contributed by atoms with Gasteiger partial charge >= 0.3 is 0 Å². The van der Waals surface area contributed by atoms with Crippen LogP contribution in [0.5, 0.6) is 0 Å². The molecule has 0 radical (unpaired) electrons. The van der Waals surface area contributed by atoms with Gasteiger partial charge in [-0.1, -0.05) is 0 Å². The summed E-state index contributed by atoms with van der Waals surface area (Å²) >= 11 is 1.79. The SMILES string of the molecule is CSCCC(C)NC(C)c1cc(F)c(C)cc1F. The Hall–Kier alpha value is -0.610. The zero-order valence-corrected chi connectivity index (χ0v) is 12.2. The zero-order valence-electron chi connectivity index (χ0n) is 11.4. The molecule has 0 aliphatic heterocycles. The molecular weight excluding hydrogens is 252 g/mol. The van der Waals surface area contributed by atoms with E-state index >= 15 is 0 Å². The van der Waals surface area contributed by atoms with Crippen LogP contribution in [0.3, 0.4) is 0 Å². The second kappa shape index (κ2) is 7.10. The number of hydrogen-bond donors (Lipinski definition) is 1. The van der Waals surface area contributed by atoms with Gasteiger partial charge in [0, 0.05) is 17.6 Å². The summed E-state index contributed by atoms with van der Waals surface area (Å²) in [7, 11) is 0. The molecule has 0 spiro atoms. The largest absolute Gasteiger partial charge is 0.308 e. The van der Waals surface area contributed by atoms with Crippen LogP contribution in [-0.4, -0.2) is 18.1 Å². The average molecular weight is 273 g/mol. The maximum atomic E-state index is 13.8. The van der Waals surface area contributed by atoms with Crippen molar-refractivity contribution in [3.05, 3.63) is 34.9 Å². The smallest absolute Gasteiger partial charge is 0.128 e. The van der Waals surface area contributed by atoms with Crippen molar-refractivity contribution in [1.82, 2.24) is 5.32 Å². The van der Waals surface area contributed by atoms with Gasteiger partial charge in [0.25, 0.3) is 0 Å². The Kier molecular flexibility index (Phi) is 6.09. The third-order valence-electron chi connectivity index (χ3n) is 3.03. The van der Waals surface area contributed by atoms with Crippen LogP contribution in [0.25, 0.3) is 0 Å². The van der Waals surface area contributed by atoms with E-state index in [1.165, 1.54) is 12.1 Å². The van der Waals surface area contributed by atoms with Gasteiger partial charge in [-0.05, 0) is 56.9 Å². The van der Waals surface area contributed by atoms with E-state index in [4.69, 9.17) is 0 Å². The Balaban J connectivity index is 2.72. The molecule has 0 bridgehead atoms. The average Bonchev–Trinajstić information content (AvgIpc) is 2.31. The summed E-state index contributed by atoms with van der Waals surface area (Å²) in [6.45, 7) is 5.50. The number of rotatable bonds is 6. The van der Waals surface area contributed by atoms with Crippen LogP contribution in [0.15, 0.2) is 12.1 Å². The Labute approximate surface area is 112 Å². The predicted molar refractivity (Wildman–Crippen MR) is 75.1 cm³/mol. The van der Waals surface area contributed by atoms with E-state index in [9.17, 15) is 8.78 Å². The minimum absolute atomic E-state index is 0.183. The summed E-state index contributed by atoms with van der Waals surface area (Å²) in [5, 5.41) is 3.30. The fraction of sp³-hybridized carbons (Fsp3) is 0.571. The highest BCUT2D eigenvalue weighted by Gasteiger charge is 2.15. The van der Waals surface area contributed by atoms with Gasteiger partial charge in [-0.2, -0.15) is 11.8 Å². The lowest BCUT2D eigenvalue weighted by atomic mass is 10.0. The maximum absolute atomic E-state index is 13.8. The van der Waals surface area contributed by atoms with E-state index in [-0.39, 0.29) is 23.7 Å². The molecule has 102 valence electrons. The third-order valence-corrected chi connectivity index (χ3v) is 3.68. The maximum Gasteiger partial charge on any atom is 0.128 e. The molecule has 0 aliphatic carbocycles. The summed E-state index contributed by atoms with van der Waals surface area (Å²) in [4.78, 5) is 0. The highest BCUT2D eigenvalue weighted by atomic mass is 32.2. The van der Waals surface area contributed by atoms with Crippen LogP contribution >= 0.6 is 11.8 Å². The molecule has 0 amide bonds. The van der Waals surface area contributed by atoms with Crippen molar-refractivity contribution in [3.63, 3.8) is 0 Å². The number of benzene rings is 1. The quantitative estimate of drug-likeness (QED) is 0.838. The first kappa shape index (κ1) is 15.4. The van der Waals surface area contributed by atoms with E-state index in [0.29, 0.717) is 11.1 Å². The molecule has 1 rings (SSSR count). The van der Waals surface area contributed by atoms with Crippen molar-refractivity contribution in [2.75, 3.05) is 12.0 Å². The first-order chi connectivity index (χ1) is 8.45. The summed E-state index contributed by atoms with van der Waals surface area (Å²) < 4.78 is 27.2. The van der Waals surface area contributed by atoms with E-state index in [0.717, 1.165) is 12.2 Å². The van der Waals surface area contributed by atoms with Gasteiger partial charge in [-0.15, -0.1) is 0 Å². The molecule has 2 unspecified atom stereocenters. The van der Waals surface area contributed by atoms with Crippen LogP contribution in [-0.2, 0) is 0 Å². The molecule has 1 N–H and O–H groups in total. The van der Waals surface area contributed by atoms with Crippen molar-refractivity contribution in [2.24, 2.45) is 0 Å². The Morgan fingerprint density at radius 1 is 1.22 bits per heavy atom. The summed E-state index contributed by atoms with van der Waals surface area (Å²) in [6, 6.07) is 2.66. The number of hydrogen-bond acceptors (Lipinski definition) is 2. The molecule has 0 fully saturated rings. The minimum atomic E-state index is -0.350. The van der Waals surface area contributed by atoms with Gasteiger partial charge in [0.15, 0.2) is 0 Å². The highest BCUT2D eigenvalue weighted by molar-refractivity contribution is 7.98. The molecule has 1 nitrogen and oxygen atoms in total. The van der Waals surface area contributed by atoms with Crippen LogP contribution in [0.1, 0.15) is 37.4 Å². The van der Waals surface area contributed by atoms with Crippen molar-refractivity contribution >= 4 is 11.8 Å². The number of thioether (sulfide) groups is 1. The fourth-order valence-corrected chi connectivity index (χ4v) is 2.48. The first-order valence-electron chi connectivity index (χ1n) is 6.16. The molecule has 1 aromatic carbocycles. The van der Waals surface area contributed by atoms with E-state index in [1.54, 1.807) is 18.7 Å². The van der Waals surface area contributed by atoms with Crippen molar-refractivity contribution in [2.45, 2.75) is 39.3 Å². The van der Waals surface area contributed by atoms with E-state index in [2.05, 4.69) is 18.5 Å². The van der Waals surface area contributed by atoms with Crippen molar-refractivity contribution in [1.29, 1.82) is 0 Å². The second-order valence-corrected chi connectivity index (χ2v) is 5.68. The van der Waals surface area contributed by atoms with E-state index < -0.39 is 0 Å². The summed E-state index contributed by atoms with van der Waals surface area (Å²) in [6.07, 6.45) is 3.08. The monoisotopic (exact) mass is 273 g/mol. The number of nitrogens with one attached hydrogen (secondary N) is 1. The Bertz CT molecular complexity index is 396. The number of aryl methyl sites for hydroxylation is 1. The number of halogens is 2. The molecule has 0 aromatic heterocycles. The molecule has 4 heteroatoms. The molecule has 0 saturated heterocycles. The van der Waals surface area contributed by atoms with Crippen LogP contribution < -0.4 is 5.32 Å². The standard InChI is InChI=1S/C14H21F2NS/c1-9-7-14(16)12(8-13(9)15)11(3)17-10(2)5-6-18-4/h7-8,10-11,17H,5-6H2,1-4H3. The van der Waals surface area contributed by atoms with Crippen molar-refractivity contribution < 1.29 is 8.78 Å². The Morgan fingerprint density at radius 3 is 2.50 bits per heavy atom. The molecule has 18 heavy (non-hydrogen) atoms. The predicted octanol–water partition coefficient (Wildman–Crippen LogP) is 4.07. The highest BCUT2D eigenvalue weighted by Crippen LogP contribution is 2.21. The van der Waals surface area contributed by atoms with E-state index in [1.807, 2.05) is 6.92 Å². The lowest BCUT2D eigenvalue weighted by Crippen LogP contribution is -2.30. The van der Waals surface area contributed by atoms with Gasteiger partial charge < -0.3 is 5.32 Å². The molecule has 2 atom stereocenters.